The number of benzene rings is 1. The number of carbonyl (C=O) groups is 1. The van der Waals surface area contributed by atoms with Crippen molar-refractivity contribution in [3.63, 3.8) is 0 Å². The van der Waals surface area contributed by atoms with Crippen molar-refractivity contribution in [2.24, 2.45) is 0 Å². The number of hydrogen-bond donors (Lipinski definition) is 1. The van der Waals surface area contributed by atoms with E-state index in [2.05, 4.69) is 29.3 Å². The average Bonchev–Trinajstić information content (AvgIpc) is 2.33. The van der Waals surface area contributed by atoms with Gasteiger partial charge in [-0.2, -0.15) is 0 Å². The van der Waals surface area contributed by atoms with Gasteiger partial charge in [0.1, 0.15) is 0 Å². The smallest absolute Gasteiger partial charge is 0.220 e. The van der Waals surface area contributed by atoms with Crippen LogP contribution < -0.4 is 5.32 Å². The average molecular weight is 248 g/mol. The van der Waals surface area contributed by atoms with Crippen molar-refractivity contribution in [1.82, 2.24) is 10.2 Å². The fourth-order valence-corrected chi connectivity index (χ4v) is 1.85. The van der Waals surface area contributed by atoms with E-state index < -0.39 is 0 Å². The highest BCUT2D eigenvalue weighted by Crippen LogP contribution is 2.09. The number of hydrogen-bond acceptors (Lipinski definition) is 2. The number of amides is 1. The summed E-state index contributed by atoms with van der Waals surface area (Å²) in [6.07, 6.45) is 2.40. The van der Waals surface area contributed by atoms with Crippen molar-refractivity contribution in [2.75, 3.05) is 27.2 Å². The van der Waals surface area contributed by atoms with E-state index in [9.17, 15) is 4.79 Å². The molecule has 1 rings (SSSR count). The summed E-state index contributed by atoms with van der Waals surface area (Å²) < 4.78 is 0. The molecule has 0 unspecified atom stereocenters. The second-order valence-corrected chi connectivity index (χ2v) is 4.93. The van der Waals surface area contributed by atoms with Crippen molar-refractivity contribution in [1.29, 1.82) is 0 Å². The Bertz CT molecular complexity index is 375. The van der Waals surface area contributed by atoms with Crippen molar-refractivity contribution >= 4 is 5.91 Å². The predicted molar refractivity (Wildman–Crippen MR) is 75.7 cm³/mol. The molecular weight excluding hydrogens is 224 g/mol. The summed E-state index contributed by atoms with van der Waals surface area (Å²) in [5.74, 6) is 0.150. The van der Waals surface area contributed by atoms with Crippen LogP contribution in [0.15, 0.2) is 24.3 Å². The molecule has 0 atom stereocenters. The molecule has 0 bridgehead atoms. The first-order valence-corrected chi connectivity index (χ1v) is 6.55. The van der Waals surface area contributed by atoms with Gasteiger partial charge in [0, 0.05) is 13.0 Å². The van der Waals surface area contributed by atoms with Crippen LogP contribution in [-0.4, -0.2) is 38.0 Å². The summed E-state index contributed by atoms with van der Waals surface area (Å²) in [4.78, 5) is 13.8. The third-order valence-electron chi connectivity index (χ3n) is 2.99. The Labute approximate surface area is 110 Å². The normalized spacial score (nSPS) is 10.7. The first-order valence-electron chi connectivity index (χ1n) is 6.55. The first kappa shape index (κ1) is 14.7. The van der Waals surface area contributed by atoms with E-state index >= 15 is 0 Å². The van der Waals surface area contributed by atoms with E-state index in [1.54, 1.807) is 0 Å². The Morgan fingerprint density at radius 3 is 2.67 bits per heavy atom. The van der Waals surface area contributed by atoms with Crippen molar-refractivity contribution in [3.8, 4) is 0 Å². The van der Waals surface area contributed by atoms with Gasteiger partial charge in [0.2, 0.25) is 5.91 Å². The lowest BCUT2D eigenvalue weighted by Gasteiger charge is -2.10. The Hall–Kier alpha value is -1.35. The van der Waals surface area contributed by atoms with Crippen LogP contribution in [0.2, 0.25) is 0 Å². The maximum Gasteiger partial charge on any atom is 0.220 e. The van der Waals surface area contributed by atoms with Gasteiger partial charge in [0.15, 0.2) is 0 Å². The lowest BCUT2D eigenvalue weighted by molar-refractivity contribution is -0.121. The molecule has 0 saturated heterocycles. The second kappa shape index (κ2) is 7.88. The molecule has 0 heterocycles. The fraction of sp³-hybridized carbons (Fsp3) is 0.533. The van der Waals surface area contributed by atoms with Crippen LogP contribution in [0.5, 0.6) is 0 Å². The van der Waals surface area contributed by atoms with Crippen LogP contribution in [0.25, 0.3) is 0 Å². The Morgan fingerprint density at radius 2 is 2.00 bits per heavy atom. The summed E-state index contributed by atoms with van der Waals surface area (Å²) in [5, 5.41) is 2.96. The number of nitrogens with zero attached hydrogens (tertiary/aromatic N) is 1. The summed E-state index contributed by atoms with van der Waals surface area (Å²) in [7, 11) is 4.08. The SMILES string of the molecule is Cc1ccccc1CCC(=O)NCCCN(C)C. The lowest BCUT2D eigenvalue weighted by atomic mass is 10.0. The molecule has 100 valence electrons. The molecule has 0 aromatic heterocycles. The molecule has 3 nitrogen and oxygen atoms in total. The van der Waals surface area contributed by atoms with Crippen molar-refractivity contribution < 1.29 is 4.79 Å². The zero-order chi connectivity index (χ0) is 13.4. The quantitative estimate of drug-likeness (QED) is 0.749. The highest BCUT2D eigenvalue weighted by Gasteiger charge is 2.03. The Morgan fingerprint density at radius 1 is 1.28 bits per heavy atom. The maximum absolute atomic E-state index is 11.6. The minimum atomic E-state index is 0.150. The first-order chi connectivity index (χ1) is 8.59. The van der Waals surface area contributed by atoms with Crippen molar-refractivity contribution in [3.05, 3.63) is 35.4 Å². The molecule has 0 aliphatic carbocycles. The van der Waals surface area contributed by atoms with Gasteiger partial charge in [-0.25, -0.2) is 0 Å². The molecular formula is C15H24N2O. The van der Waals surface area contributed by atoms with Crippen LogP contribution in [0.3, 0.4) is 0 Å². The third-order valence-corrected chi connectivity index (χ3v) is 2.99. The number of nitrogens with one attached hydrogen (secondary N) is 1. The van der Waals surface area contributed by atoms with Gasteiger partial charge in [0.05, 0.1) is 0 Å². The third kappa shape index (κ3) is 5.82. The summed E-state index contributed by atoms with van der Waals surface area (Å²) in [5.41, 5.74) is 2.53. The lowest BCUT2D eigenvalue weighted by Crippen LogP contribution is -2.27. The van der Waals surface area contributed by atoms with Crippen LogP contribution >= 0.6 is 0 Å². The van der Waals surface area contributed by atoms with Crippen molar-refractivity contribution in [2.45, 2.75) is 26.2 Å². The van der Waals surface area contributed by atoms with Crippen LogP contribution in [-0.2, 0) is 11.2 Å². The molecule has 0 aliphatic heterocycles. The molecule has 0 fully saturated rings. The van der Waals surface area contributed by atoms with E-state index in [0.29, 0.717) is 6.42 Å². The second-order valence-electron chi connectivity index (χ2n) is 4.93. The fourth-order valence-electron chi connectivity index (χ4n) is 1.85. The van der Waals surface area contributed by atoms with E-state index in [1.807, 2.05) is 26.2 Å². The minimum Gasteiger partial charge on any atom is -0.356 e. The largest absolute Gasteiger partial charge is 0.356 e. The van der Waals surface area contributed by atoms with E-state index in [1.165, 1.54) is 11.1 Å². The summed E-state index contributed by atoms with van der Waals surface area (Å²) in [6.45, 7) is 3.87. The Balaban J connectivity index is 2.19. The van der Waals surface area contributed by atoms with E-state index in [4.69, 9.17) is 0 Å². The van der Waals surface area contributed by atoms with Gasteiger partial charge >= 0.3 is 0 Å². The number of rotatable bonds is 7. The molecule has 0 aliphatic rings. The highest BCUT2D eigenvalue weighted by atomic mass is 16.1. The molecule has 0 radical (unpaired) electrons. The molecule has 18 heavy (non-hydrogen) atoms. The number of carbonyl (C=O) groups excluding carboxylic acids is 1. The molecule has 1 N–H and O–H groups in total. The van der Waals surface area contributed by atoms with Gasteiger partial charge in [-0.15, -0.1) is 0 Å². The van der Waals surface area contributed by atoms with Crippen LogP contribution in [0, 0.1) is 6.92 Å². The van der Waals surface area contributed by atoms with Gasteiger partial charge in [-0.3, -0.25) is 4.79 Å². The van der Waals surface area contributed by atoms with E-state index in [-0.39, 0.29) is 5.91 Å². The summed E-state index contributed by atoms with van der Waals surface area (Å²) in [6, 6.07) is 8.23. The predicted octanol–water partition coefficient (Wildman–Crippen LogP) is 2.00. The molecule has 0 spiro atoms. The number of aryl methyl sites for hydroxylation is 2. The van der Waals surface area contributed by atoms with Crippen LogP contribution in [0.4, 0.5) is 0 Å². The molecule has 1 aromatic rings. The van der Waals surface area contributed by atoms with Gasteiger partial charge in [-0.05, 0) is 51.5 Å². The Kier molecular flexibility index (Phi) is 6.44. The molecule has 1 amide bonds. The summed E-state index contributed by atoms with van der Waals surface area (Å²) >= 11 is 0. The molecule has 1 aromatic carbocycles. The zero-order valence-electron chi connectivity index (χ0n) is 11.7. The van der Waals surface area contributed by atoms with Gasteiger partial charge in [-0.1, -0.05) is 24.3 Å². The molecule has 0 saturated carbocycles. The maximum atomic E-state index is 11.6. The van der Waals surface area contributed by atoms with Gasteiger partial charge in [0.25, 0.3) is 0 Å². The topological polar surface area (TPSA) is 32.3 Å². The van der Waals surface area contributed by atoms with Gasteiger partial charge < -0.3 is 10.2 Å². The van der Waals surface area contributed by atoms with Crippen LogP contribution in [0.1, 0.15) is 24.0 Å². The standard InChI is InChI=1S/C15H24N2O/c1-13-7-4-5-8-14(13)9-10-15(18)16-11-6-12-17(2)3/h4-5,7-8H,6,9-12H2,1-3H3,(H,16,18). The van der Waals surface area contributed by atoms with E-state index in [0.717, 1.165) is 25.9 Å². The monoisotopic (exact) mass is 248 g/mol. The zero-order valence-corrected chi connectivity index (χ0v) is 11.7. The molecule has 3 heteroatoms. The highest BCUT2D eigenvalue weighted by molar-refractivity contribution is 5.76. The minimum absolute atomic E-state index is 0.150.